The van der Waals surface area contributed by atoms with Crippen LogP contribution in [-0.4, -0.2) is 52.3 Å². The summed E-state index contributed by atoms with van der Waals surface area (Å²) >= 11 is 0. The zero-order valence-corrected chi connectivity index (χ0v) is 12.7. The van der Waals surface area contributed by atoms with E-state index in [-0.39, 0.29) is 6.03 Å². The fraction of sp³-hybridized carbons (Fsp3) is 0.867. The SMILES string of the molecule is C[C@@H](O)[C@H](NC(=O)N1CCC2(CCCCC2)CC1)C(=O)O. The second kappa shape index (κ2) is 6.64. The van der Waals surface area contributed by atoms with Crippen LogP contribution in [-0.2, 0) is 4.79 Å². The normalized spacial score (nSPS) is 24.4. The summed E-state index contributed by atoms with van der Waals surface area (Å²) in [6.45, 7) is 2.72. The van der Waals surface area contributed by atoms with Crippen LogP contribution in [0.5, 0.6) is 0 Å². The third-order valence-corrected chi connectivity index (χ3v) is 5.05. The van der Waals surface area contributed by atoms with Crippen LogP contribution >= 0.6 is 0 Å². The van der Waals surface area contributed by atoms with Gasteiger partial charge in [-0.05, 0) is 38.0 Å². The van der Waals surface area contributed by atoms with E-state index in [1.165, 1.54) is 39.0 Å². The topological polar surface area (TPSA) is 89.9 Å². The minimum atomic E-state index is -1.25. The van der Waals surface area contributed by atoms with Crippen molar-refractivity contribution < 1.29 is 19.8 Å². The number of aliphatic hydroxyl groups excluding tert-OH is 1. The smallest absolute Gasteiger partial charge is 0.328 e. The summed E-state index contributed by atoms with van der Waals surface area (Å²) in [5, 5.41) is 20.8. The van der Waals surface area contributed by atoms with Gasteiger partial charge in [0.2, 0.25) is 0 Å². The molecule has 0 aromatic rings. The first kappa shape index (κ1) is 16.1. The first-order valence-corrected chi connectivity index (χ1v) is 7.90. The van der Waals surface area contributed by atoms with Crippen molar-refractivity contribution in [2.45, 2.75) is 64.0 Å². The molecule has 1 spiro atoms. The van der Waals surface area contributed by atoms with Gasteiger partial charge in [-0.15, -0.1) is 0 Å². The number of amides is 2. The number of urea groups is 1. The molecule has 120 valence electrons. The maximum atomic E-state index is 12.1. The van der Waals surface area contributed by atoms with Gasteiger partial charge in [-0.25, -0.2) is 9.59 Å². The molecule has 2 amide bonds. The van der Waals surface area contributed by atoms with E-state index in [9.17, 15) is 14.7 Å². The number of carboxylic acid groups (broad SMARTS) is 1. The zero-order valence-electron chi connectivity index (χ0n) is 12.7. The molecule has 1 saturated carbocycles. The number of nitrogens with one attached hydrogen (secondary N) is 1. The van der Waals surface area contributed by atoms with Gasteiger partial charge in [-0.1, -0.05) is 19.3 Å². The fourth-order valence-corrected chi connectivity index (χ4v) is 3.60. The van der Waals surface area contributed by atoms with Crippen LogP contribution in [0.4, 0.5) is 4.79 Å². The highest BCUT2D eigenvalue weighted by Gasteiger charge is 2.37. The van der Waals surface area contributed by atoms with Crippen molar-refractivity contribution in [1.29, 1.82) is 0 Å². The molecule has 6 nitrogen and oxygen atoms in total. The van der Waals surface area contributed by atoms with Crippen molar-refractivity contribution in [2.75, 3.05) is 13.1 Å². The molecule has 2 atom stereocenters. The van der Waals surface area contributed by atoms with Gasteiger partial charge in [-0.2, -0.15) is 0 Å². The molecule has 3 N–H and O–H groups in total. The zero-order chi connectivity index (χ0) is 15.5. The number of hydrogen-bond donors (Lipinski definition) is 3. The Bertz CT molecular complexity index is 381. The molecule has 2 fully saturated rings. The lowest BCUT2D eigenvalue weighted by molar-refractivity contribution is -0.141. The van der Waals surface area contributed by atoms with Crippen LogP contribution in [0.1, 0.15) is 51.9 Å². The van der Waals surface area contributed by atoms with Crippen molar-refractivity contribution in [3.05, 3.63) is 0 Å². The molecule has 0 bridgehead atoms. The van der Waals surface area contributed by atoms with Crippen LogP contribution in [0.15, 0.2) is 0 Å². The third-order valence-electron chi connectivity index (χ3n) is 5.05. The van der Waals surface area contributed by atoms with E-state index in [4.69, 9.17) is 5.11 Å². The van der Waals surface area contributed by atoms with Gasteiger partial charge in [0.25, 0.3) is 0 Å². The number of aliphatic hydroxyl groups is 1. The Morgan fingerprint density at radius 1 is 1.10 bits per heavy atom. The van der Waals surface area contributed by atoms with E-state index >= 15 is 0 Å². The number of aliphatic carboxylic acids is 1. The number of carbonyl (C=O) groups excluding carboxylic acids is 1. The number of piperidine rings is 1. The van der Waals surface area contributed by atoms with Gasteiger partial charge in [0.15, 0.2) is 6.04 Å². The maximum Gasteiger partial charge on any atom is 0.328 e. The third kappa shape index (κ3) is 3.87. The molecule has 1 aliphatic heterocycles. The average Bonchev–Trinajstić information content (AvgIpc) is 2.45. The minimum Gasteiger partial charge on any atom is -0.480 e. The highest BCUT2D eigenvalue weighted by molar-refractivity contribution is 5.83. The van der Waals surface area contributed by atoms with Gasteiger partial charge in [-0.3, -0.25) is 0 Å². The lowest BCUT2D eigenvalue weighted by Gasteiger charge is -2.44. The summed E-state index contributed by atoms with van der Waals surface area (Å²) in [6.07, 6.45) is 7.31. The van der Waals surface area contributed by atoms with Gasteiger partial charge in [0.1, 0.15) is 0 Å². The molecule has 0 aromatic carbocycles. The van der Waals surface area contributed by atoms with Gasteiger partial charge >= 0.3 is 12.0 Å². The Labute approximate surface area is 125 Å². The standard InChI is InChI=1S/C15H26N2O4/c1-11(18)12(13(19)20)16-14(21)17-9-7-15(8-10-17)5-3-2-4-6-15/h11-12,18H,2-10H2,1H3,(H,16,21)(H,19,20)/t11-,12+/m1/s1. The van der Waals surface area contributed by atoms with Crippen molar-refractivity contribution >= 4 is 12.0 Å². The molecule has 0 radical (unpaired) electrons. The van der Waals surface area contributed by atoms with E-state index in [1.54, 1.807) is 4.90 Å². The lowest BCUT2D eigenvalue weighted by Crippen LogP contribution is -2.54. The second-order valence-electron chi connectivity index (χ2n) is 6.55. The van der Waals surface area contributed by atoms with E-state index in [2.05, 4.69) is 5.32 Å². The minimum absolute atomic E-state index is 0.381. The van der Waals surface area contributed by atoms with Crippen LogP contribution in [0.2, 0.25) is 0 Å². The van der Waals surface area contributed by atoms with Crippen molar-refractivity contribution in [2.24, 2.45) is 5.41 Å². The molecule has 2 aliphatic rings. The van der Waals surface area contributed by atoms with Gasteiger partial charge in [0.05, 0.1) is 6.10 Å². The van der Waals surface area contributed by atoms with Gasteiger partial charge in [0, 0.05) is 13.1 Å². The largest absolute Gasteiger partial charge is 0.480 e. The molecule has 1 heterocycles. The number of nitrogens with zero attached hydrogens (tertiary/aromatic N) is 1. The predicted molar refractivity (Wildman–Crippen MR) is 78.0 cm³/mol. The molecule has 1 aliphatic carbocycles. The molecule has 1 saturated heterocycles. The molecule has 21 heavy (non-hydrogen) atoms. The van der Waals surface area contributed by atoms with E-state index in [1.807, 2.05) is 0 Å². The van der Waals surface area contributed by atoms with Crippen LogP contribution in [0.25, 0.3) is 0 Å². The molecule has 2 rings (SSSR count). The Morgan fingerprint density at radius 2 is 1.67 bits per heavy atom. The monoisotopic (exact) mass is 298 g/mol. The summed E-state index contributed by atoms with van der Waals surface area (Å²) in [6, 6.07) is -1.63. The lowest BCUT2D eigenvalue weighted by atomic mass is 9.68. The summed E-state index contributed by atoms with van der Waals surface area (Å²) in [7, 11) is 0. The number of carbonyl (C=O) groups is 2. The molecule has 6 heteroatoms. The summed E-state index contributed by atoms with van der Waals surface area (Å²) < 4.78 is 0. The Hall–Kier alpha value is -1.30. The van der Waals surface area contributed by atoms with E-state index < -0.39 is 18.1 Å². The summed E-state index contributed by atoms with van der Waals surface area (Å²) in [4.78, 5) is 24.8. The molecular formula is C15H26N2O4. The molecular weight excluding hydrogens is 272 g/mol. The first-order valence-electron chi connectivity index (χ1n) is 7.90. The Morgan fingerprint density at radius 3 is 2.14 bits per heavy atom. The highest BCUT2D eigenvalue weighted by Crippen LogP contribution is 2.44. The number of hydrogen-bond acceptors (Lipinski definition) is 3. The van der Waals surface area contributed by atoms with Crippen LogP contribution in [0.3, 0.4) is 0 Å². The second-order valence-corrected chi connectivity index (χ2v) is 6.55. The van der Waals surface area contributed by atoms with E-state index in [0.29, 0.717) is 18.5 Å². The Kier molecular flexibility index (Phi) is 5.08. The predicted octanol–water partition coefficient (Wildman–Crippen LogP) is 1.58. The number of likely N-dealkylation sites (tertiary alicyclic amines) is 1. The van der Waals surface area contributed by atoms with Crippen molar-refractivity contribution in [3.63, 3.8) is 0 Å². The Balaban J connectivity index is 1.86. The number of carboxylic acids is 1. The highest BCUT2D eigenvalue weighted by atomic mass is 16.4. The van der Waals surface area contributed by atoms with E-state index in [0.717, 1.165) is 12.8 Å². The average molecular weight is 298 g/mol. The van der Waals surface area contributed by atoms with Crippen molar-refractivity contribution in [3.8, 4) is 0 Å². The summed E-state index contributed by atoms with van der Waals surface area (Å²) in [5.74, 6) is -1.21. The molecule has 0 aromatic heterocycles. The molecule has 0 unspecified atom stereocenters. The number of rotatable bonds is 3. The summed E-state index contributed by atoms with van der Waals surface area (Å²) in [5.41, 5.74) is 0.408. The van der Waals surface area contributed by atoms with Gasteiger partial charge < -0.3 is 20.4 Å². The quantitative estimate of drug-likeness (QED) is 0.738. The maximum absolute atomic E-state index is 12.1. The van der Waals surface area contributed by atoms with Crippen LogP contribution < -0.4 is 5.32 Å². The fourth-order valence-electron chi connectivity index (χ4n) is 3.60. The first-order chi connectivity index (χ1) is 9.93. The van der Waals surface area contributed by atoms with Crippen LogP contribution in [0, 0.1) is 5.41 Å². The van der Waals surface area contributed by atoms with Crippen molar-refractivity contribution in [1.82, 2.24) is 10.2 Å².